The molecule has 20 heavy (non-hydrogen) atoms. The van der Waals surface area contributed by atoms with E-state index in [0.29, 0.717) is 23.4 Å². The monoisotopic (exact) mass is 287 g/mol. The van der Waals surface area contributed by atoms with Crippen molar-refractivity contribution in [2.45, 2.75) is 11.3 Å². The average Bonchev–Trinajstić information content (AvgIpc) is 2.80. The fourth-order valence-corrected chi connectivity index (χ4v) is 2.67. The van der Waals surface area contributed by atoms with Gasteiger partial charge in [0.1, 0.15) is 5.52 Å². The summed E-state index contributed by atoms with van der Waals surface area (Å²) < 4.78 is 28.7. The molecule has 0 fully saturated rings. The van der Waals surface area contributed by atoms with Crippen molar-refractivity contribution < 1.29 is 12.8 Å². The highest BCUT2D eigenvalue weighted by atomic mass is 32.2. The van der Waals surface area contributed by atoms with Crippen molar-refractivity contribution in [2.24, 2.45) is 0 Å². The minimum absolute atomic E-state index is 0.254. The van der Waals surface area contributed by atoms with Crippen molar-refractivity contribution in [3.63, 3.8) is 0 Å². The average molecular weight is 287 g/mol. The maximum atomic E-state index is 11.5. The number of aromatic nitrogens is 1. The molecule has 0 amide bonds. The largest absolute Gasteiger partial charge is 0.440 e. The maximum absolute atomic E-state index is 11.5. The van der Waals surface area contributed by atoms with E-state index in [0.717, 1.165) is 5.56 Å². The van der Waals surface area contributed by atoms with Gasteiger partial charge in [-0.3, -0.25) is 0 Å². The van der Waals surface area contributed by atoms with E-state index in [9.17, 15) is 8.42 Å². The molecule has 0 unspecified atom stereocenters. The van der Waals surface area contributed by atoms with Gasteiger partial charge in [0.15, 0.2) is 21.3 Å². The molecule has 0 aliphatic rings. The molecule has 0 atom stereocenters. The van der Waals surface area contributed by atoms with Crippen LogP contribution in [0.3, 0.4) is 0 Å². The van der Waals surface area contributed by atoms with Gasteiger partial charge in [-0.15, -0.1) is 0 Å². The van der Waals surface area contributed by atoms with Crippen LogP contribution in [0.4, 0.5) is 0 Å². The normalized spacial score (nSPS) is 11.8. The van der Waals surface area contributed by atoms with Crippen LogP contribution >= 0.6 is 0 Å². The Morgan fingerprint density at radius 3 is 2.55 bits per heavy atom. The van der Waals surface area contributed by atoms with E-state index in [1.165, 1.54) is 12.3 Å². The molecule has 102 valence electrons. The molecule has 3 aromatic rings. The molecular weight excluding hydrogens is 274 g/mol. The lowest BCUT2D eigenvalue weighted by Crippen LogP contribution is -1.96. The van der Waals surface area contributed by atoms with E-state index in [-0.39, 0.29) is 4.90 Å². The lowest BCUT2D eigenvalue weighted by molar-refractivity contribution is 0.544. The van der Waals surface area contributed by atoms with Gasteiger partial charge >= 0.3 is 0 Å². The van der Waals surface area contributed by atoms with E-state index in [2.05, 4.69) is 4.98 Å². The van der Waals surface area contributed by atoms with Crippen molar-refractivity contribution >= 4 is 20.9 Å². The third-order valence-electron chi connectivity index (χ3n) is 3.03. The Morgan fingerprint density at radius 1 is 1.10 bits per heavy atom. The second kappa shape index (κ2) is 4.76. The van der Waals surface area contributed by atoms with Crippen LogP contribution in [-0.4, -0.2) is 19.7 Å². The highest BCUT2D eigenvalue weighted by Gasteiger charge is 2.12. The predicted octanol–water partition coefficient (Wildman–Crippen LogP) is 2.82. The first-order chi connectivity index (χ1) is 9.52. The second-order valence-electron chi connectivity index (χ2n) is 4.67. The fraction of sp³-hybridized carbons (Fsp3) is 0.133. The van der Waals surface area contributed by atoms with Crippen LogP contribution in [0.1, 0.15) is 11.5 Å². The van der Waals surface area contributed by atoms with Crippen LogP contribution in [0, 0.1) is 0 Å². The zero-order chi connectivity index (χ0) is 14.2. The lowest BCUT2D eigenvalue weighted by Gasteiger charge is -1.95. The van der Waals surface area contributed by atoms with Crippen molar-refractivity contribution in [3.8, 4) is 0 Å². The number of rotatable bonds is 3. The van der Waals surface area contributed by atoms with Gasteiger partial charge in [0.2, 0.25) is 0 Å². The smallest absolute Gasteiger partial charge is 0.199 e. The first-order valence-corrected chi connectivity index (χ1v) is 8.05. The number of hydrogen-bond donors (Lipinski definition) is 0. The Labute approximate surface area is 117 Å². The molecule has 3 rings (SSSR count). The molecule has 1 heterocycles. The summed E-state index contributed by atoms with van der Waals surface area (Å²) in [4.78, 5) is 4.61. The van der Waals surface area contributed by atoms with Gasteiger partial charge < -0.3 is 4.42 Å². The van der Waals surface area contributed by atoms with Crippen molar-refractivity contribution in [1.82, 2.24) is 4.98 Å². The first kappa shape index (κ1) is 12.9. The molecule has 0 N–H and O–H groups in total. The van der Waals surface area contributed by atoms with Crippen molar-refractivity contribution in [1.29, 1.82) is 0 Å². The van der Waals surface area contributed by atoms with E-state index in [4.69, 9.17) is 4.42 Å². The second-order valence-corrected chi connectivity index (χ2v) is 6.69. The molecule has 0 saturated heterocycles. The van der Waals surface area contributed by atoms with Crippen LogP contribution in [0.25, 0.3) is 11.1 Å². The zero-order valence-electron chi connectivity index (χ0n) is 10.9. The highest BCUT2D eigenvalue weighted by molar-refractivity contribution is 7.90. The highest BCUT2D eigenvalue weighted by Crippen LogP contribution is 2.21. The molecule has 0 aliphatic heterocycles. The standard InChI is InChI=1S/C15H13NO3S/c1-20(17,18)12-7-8-14-13(10-12)16-15(19-14)9-11-5-3-2-4-6-11/h2-8,10H,9H2,1H3. The lowest BCUT2D eigenvalue weighted by atomic mass is 10.1. The molecule has 2 aromatic carbocycles. The molecule has 0 radical (unpaired) electrons. The molecule has 0 saturated carbocycles. The van der Waals surface area contributed by atoms with Gasteiger partial charge in [-0.1, -0.05) is 30.3 Å². The Morgan fingerprint density at radius 2 is 1.85 bits per heavy atom. The van der Waals surface area contributed by atoms with Gasteiger partial charge in [0.25, 0.3) is 0 Å². The molecule has 0 spiro atoms. The fourth-order valence-electron chi connectivity index (χ4n) is 2.03. The Kier molecular flexibility index (Phi) is 3.06. The van der Waals surface area contributed by atoms with Crippen LogP contribution in [-0.2, 0) is 16.3 Å². The number of nitrogens with zero attached hydrogens (tertiary/aromatic N) is 1. The van der Waals surface area contributed by atoms with Crippen LogP contribution in [0.15, 0.2) is 57.8 Å². The summed E-state index contributed by atoms with van der Waals surface area (Å²) in [5.41, 5.74) is 2.27. The van der Waals surface area contributed by atoms with Crippen molar-refractivity contribution in [2.75, 3.05) is 6.26 Å². The van der Waals surface area contributed by atoms with E-state index >= 15 is 0 Å². The van der Waals surface area contributed by atoms with Crippen LogP contribution < -0.4 is 0 Å². The minimum atomic E-state index is -3.23. The summed E-state index contributed by atoms with van der Waals surface area (Å²) in [6.07, 6.45) is 1.77. The summed E-state index contributed by atoms with van der Waals surface area (Å²) in [7, 11) is -3.23. The topological polar surface area (TPSA) is 60.2 Å². The molecule has 1 aromatic heterocycles. The number of hydrogen-bond acceptors (Lipinski definition) is 4. The van der Waals surface area contributed by atoms with Gasteiger partial charge in [0, 0.05) is 12.7 Å². The van der Waals surface area contributed by atoms with Crippen molar-refractivity contribution in [3.05, 3.63) is 60.0 Å². The number of oxazole rings is 1. The van der Waals surface area contributed by atoms with Gasteiger partial charge in [0.05, 0.1) is 4.90 Å². The van der Waals surface area contributed by atoms with E-state index in [1.54, 1.807) is 12.1 Å². The maximum Gasteiger partial charge on any atom is 0.199 e. The summed E-state index contributed by atoms with van der Waals surface area (Å²) >= 11 is 0. The minimum Gasteiger partial charge on any atom is -0.440 e. The Bertz CT molecular complexity index is 851. The summed E-state index contributed by atoms with van der Waals surface area (Å²) in [5.74, 6) is 0.580. The van der Waals surface area contributed by atoms with Gasteiger partial charge in [-0.05, 0) is 23.8 Å². The predicted molar refractivity (Wildman–Crippen MR) is 76.4 cm³/mol. The van der Waals surface area contributed by atoms with Crippen LogP contribution in [0.2, 0.25) is 0 Å². The van der Waals surface area contributed by atoms with Gasteiger partial charge in [-0.25, -0.2) is 13.4 Å². The number of fused-ring (bicyclic) bond motifs is 1. The van der Waals surface area contributed by atoms with E-state index in [1.807, 2.05) is 30.3 Å². The number of sulfone groups is 1. The summed E-state index contributed by atoms with van der Waals surface area (Å²) in [6.45, 7) is 0. The molecule has 4 nitrogen and oxygen atoms in total. The molecule has 5 heteroatoms. The quantitative estimate of drug-likeness (QED) is 0.743. The summed E-state index contributed by atoms with van der Waals surface area (Å²) in [5, 5.41) is 0. The summed E-state index contributed by atoms with van der Waals surface area (Å²) in [6, 6.07) is 14.6. The van der Waals surface area contributed by atoms with E-state index < -0.39 is 9.84 Å². The third-order valence-corrected chi connectivity index (χ3v) is 4.14. The molecule has 0 aliphatic carbocycles. The SMILES string of the molecule is CS(=O)(=O)c1ccc2oc(Cc3ccccc3)nc2c1. The zero-order valence-corrected chi connectivity index (χ0v) is 11.7. The Balaban J connectivity index is 1.99. The molecule has 0 bridgehead atoms. The molecular formula is C15H13NO3S. The number of benzene rings is 2. The van der Waals surface area contributed by atoms with Gasteiger partial charge in [-0.2, -0.15) is 0 Å². The first-order valence-electron chi connectivity index (χ1n) is 6.16. The van der Waals surface area contributed by atoms with Crippen LogP contribution in [0.5, 0.6) is 0 Å². The third kappa shape index (κ3) is 2.58. The Hall–Kier alpha value is -2.14.